The van der Waals surface area contributed by atoms with Crippen LogP contribution in [-0.4, -0.2) is 31.6 Å². The number of amides is 1. The third-order valence-electron chi connectivity index (χ3n) is 5.07. The van der Waals surface area contributed by atoms with E-state index in [-0.39, 0.29) is 17.9 Å². The van der Waals surface area contributed by atoms with Gasteiger partial charge in [0.1, 0.15) is 0 Å². The van der Waals surface area contributed by atoms with Crippen LogP contribution in [0.3, 0.4) is 0 Å². The summed E-state index contributed by atoms with van der Waals surface area (Å²) in [5, 5.41) is 6.26. The molecular weight excluding hydrogens is 328 g/mol. The molecular formula is C21H24N2O3. The lowest BCUT2D eigenvalue weighted by Gasteiger charge is -2.23. The summed E-state index contributed by atoms with van der Waals surface area (Å²) in [5.74, 6) is -0.0865. The summed E-state index contributed by atoms with van der Waals surface area (Å²) in [4.78, 5) is 24.8. The van der Waals surface area contributed by atoms with Crippen molar-refractivity contribution in [3.05, 3.63) is 65.7 Å². The highest BCUT2D eigenvalue weighted by atomic mass is 16.5. The first kappa shape index (κ1) is 18.1. The van der Waals surface area contributed by atoms with Crippen LogP contribution < -0.4 is 10.6 Å². The third-order valence-corrected chi connectivity index (χ3v) is 5.07. The van der Waals surface area contributed by atoms with Crippen molar-refractivity contribution in [3.8, 4) is 0 Å². The summed E-state index contributed by atoms with van der Waals surface area (Å²) < 4.78 is 4.80. The van der Waals surface area contributed by atoms with Crippen LogP contribution in [0.15, 0.2) is 54.6 Å². The second-order valence-corrected chi connectivity index (χ2v) is 6.50. The van der Waals surface area contributed by atoms with Gasteiger partial charge in [-0.05, 0) is 23.6 Å². The SMILES string of the molecule is CC[C@H]1[C@@H](C(=O)Nc2ccccc2C(=O)OC)NC[C@H]1c1ccccc1. The molecule has 3 rings (SSSR count). The minimum absolute atomic E-state index is 0.119. The molecule has 1 fully saturated rings. The molecule has 0 saturated carbocycles. The number of hydrogen-bond acceptors (Lipinski definition) is 4. The van der Waals surface area contributed by atoms with Crippen molar-refractivity contribution >= 4 is 17.6 Å². The zero-order valence-electron chi connectivity index (χ0n) is 15.1. The van der Waals surface area contributed by atoms with Crippen molar-refractivity contribution in [2.24, 2.45) is 5.92 Å². The van der Waals surface area contributed by atoms with Crippen LogP contribution in [0.5, 0.6) is 0 Å². The molecule has 5 heteroatoms. The number of esters is 1. The van der Waals surface area contributed by atoms with Gasteiger partial charge in [-0.1, -0.05) is 55.8 Å². The van der Waals surface area contributed by atoms with Crippen molar-refractivity contribution < 1.29 is 14.3 Å². The van der Waals surface area contributed by atoms with Crippen LogP contribution in [0.25, 0.3) is 0 Å². The summed E-state index contributed by atoms with van der Waals surface area (Å²) in [6, 6.07) is 16.9. The molecule has 0 aliphatic carbocycles. The molecule has 1 saturated heterocycles. The van der Waals surface area contributed by atoms with Gasteiger partial charge < -0.3 is 15.4 Å². The van der Waals surface area contributed by atoms with Crippen LogP contribution in [0.1, 0.15) is 35.2 Å². The van der Waals surface area contributed by atoms with Gasteiger partial charge in [-0.25, -0.2) is 4.79 Å². The first-order valence-electron chi connectivity index (χ1n) is 8.92. The van der Waals surface area contributed by atoms with Crippen LogP contribution >= 0.6 is 0 Å². The summed E-state index contributed by atoms with van der Waals surface area (Å²) in [6.07, 6.45) is 0.892. The summed E-state index contributed by atoms with van der Waals surface area (Å²) in [5.41, 5.74) is 2.08. The molecule has 0 spiro atoms. The predicted octanol–water partition coefficient (Wildman–Crippen LogP) is 3.19. The molecule has 0 aromatic heterocycles. The molecule has 3 atom stereocenters. The number of hydrogen-bond donors (Lipinski definition) is 2. The fraction of sp³-hybridized carbons (Fsp3) is 0.333. The quantitative estimate of drug-likeness (QED) is 0.811. The maximum atomic E-state index is 12.9. The number of rotatable bonds is 5. The van der Waals surface area contributed by atoms with E-state index in [1.165, 1.54) is 12.7 Å². The summed E-state index contributed by atoms with van der Waals surface area (Å²) in [7, 11) is 1.33. The Kier molecular flexibility index (Phi) is 5.68. The molecule has 26 heavy (non-hydrogen) atoms. The van der Waals surface area contributed by atoms with Crippen LogP contribution in [-0.2, 0) is 9.53 Å². The summed E-state index contributed by atoms with van der Waals surface area (Å²) in [6.45, 7) is 2.87. The Morgan fingerprint density at radius 3 is 2.50 bits per heavy atom. The number of carbonyl (C=O) groups is 2. The van der Waals surface area contributed by atoms with Gasteiger partial charge in [0.05, 0.1) is 24.4 Å². The molecule has 0 unspecified atom stereocenters. The smallest absolute Gasteiger partial charge is 0.339 e. The number of carbonyl (C=O) groups excluding carboxylic acids is 2. The standard InChI is InChI=1S/C21H24N2O3/c1-3-15-17(14-9-5-4-6-10-14)13-22-19(15)20(24)23-18-12-8-7-11-16(18)21(25)26-2/h4-12,15,17,19,22H,3,13H2,1-2H3,(H,23,24)/t15-,17+,19+/m1/s1. The van der Waals surface area contributed by atoms with Crippen molar-refractivity contribution in [1.29, 1.82) is 0 Å². The van der Waals surface area contributed by atoms with E-state index in [2.05, 4.69) is 29.7 Å². The molecule has 2 aromatic rings. The lowest BCUT2D eigenvalue weighted by atomic mass is 9.83. The number of para-hydroxylation sites is 1. The van der Waals surface area contributed by atoms with Gasteiger partial charge in [0.15, 0.2) is 0 Å². The Morgan fingerprint density at radius 1 is 1.12 bits per heavy atom. The lowest BCUT2D eigenvalue weighted by molar-refractivity contribution is -0.118. The Bertz CT molecular complexity index is 776. The van der Waals surface area contributed by atoms with E-state index in [0.29, 0.717) is 17.2 Å². The van der Waals surface area contributed by atoms with E-state index >= 15 is 0 Å². The van der Waals surface area contributed by atoms with Gasteiger partial charge in [0, 0.05) is 12.5 Å². The topological polar surface area (TPSA) is 67.4 Å². The zero-order valence-corrected chi connectivity index (χ0v) is 15.1. The van der Waals surface area contributed by atoms with E-state index in [4.69, 9.17) is 4.74 Å². The van der Waals surface area contributed by atoms with Crippen LogP contribution in [0.2, 0.25) is 0 Å². The number of ether oxygens (including phenoxy) is 1. The number of anilines is 1. The van der Waals surface area contributed by atoms with Crippen molar-refractivity contribution in [2.75, 3.05) is 19.0 Å². The Balaban J connectivity index is 1.78. The van der Waals surface area contributed by atoms with Crippen LogP contribution in [0.4, 0.5) is 5.69 Å². The predicted molar refractivity (Wildman–Crippen MR) is 101 cm³/mol. The number of methoxy groups -OCH3 is 1. The lowest BCUT2D eigenvalue weighted by Crippen LogP contribution is -2.40. The second kappa shape index (κ2) is 8.15. The van der Waals surface area contributed by atoms with Crippen molar-refractivity contribution in [2.45, 2.75) is 25.3 Å². The third kappa shape index (κ3) is 3.63. The van der Waals surface area contributed by atoms with Crippen LogP contribution in [0, 0.1) is 5.92 Å². The molecule has 2 N–H and O–H groups in total. The maximum Gasteiger partial charge on any atom is 0.339 e. The van der Waals surface area contributed by atoms with Gasteiger partial charge >= 0.3 is 5.97 Å². The first-order chi connectivity index (χ1) is 12.7. The van der Waals surface area contributed by atoms with E-state index in [1.54, 1.807) is 24.3 Å². The molecule has 1 aliphatic heterocycles. The number of benzene rings is 2. The Labute approximate surface area is 153 Å². The second-order valence-electron chi connectivity index (χ2n) is 6.50. The minimum atomic E-state index is -0.463. The van der Waals surface area contributed by atoms with Crippen molar-refractivity contribution in [3.63, 3.8) is 0 Å². The van der Waals surface area contributed by atoms with E-state index in [9.17, 15) is 9.59 Å². The van der Waals surface area contributed by atoms with Gasteiger partial charge in [0.25, 0.3) is 0 Å². The van der Waals surface area contributed by atoms with Gasteiger partial charge in [0.2, 0.25) is 5.91 Å². The Morgan fingerprint density at radius 2 is 1.81 bits per heavy atom. The summed E-state index contributed by atoms with van der Waals surface area (Å²) >= 11 is 0. The van der Waals surface area contributed by atoms with Gasteiger partial charge in [-0.3, -0.25) is 4.79 Å². The molecule has 1 heterocycles. The highest BCUT2D eigenvalue weighted by Gasteiger charge is 2.39. The fourth-order valence-electron chi connectivity index (χ4n) is 3.75. The van der Waals surface area contributed by atoms with Gasteiger partial charge in [-0.2, -0.15) is 0 Å². The monoisotopic (exact) mass is 352 g/mol. The molecule has 0 bridgehead atoms. The maximum absolute atomic E-state index is 12.9. The largest absolute Gasteiger partial charge is 0.465 e. The number of nitrogens with one attached hydrogen (secondary N) is 2. The highest BCUT2D eigenvalue weighted by Crippen LogP contribution is 2.34. The fourth-order valence-corrected chi connectivity index (χ4v) is 3.75. The zero-order chi connectivity index (χ0) is 18.5. The Hall–Kier alpha value is -2.66. The normalized spacial score (nSPS) is 22.0. The average molecular weight is 352 g/mol. The molecule has 1 amide bonds. The average Bonchev–Trinajstić information content (AvgIpc) is 3.12. The van der Waals surface area contributed by atoms with E-state index in [1.807, 2.05) is 18.2 Å². The van der Waals surface area contributed by atoms with E-state index < -0.39 is 5.97 Å². The molecule has 5 nitrogen and oxygen atoms in total. The van der Waals surface area contributed by atoms with Crippen molar-refractivity contribution in [1.82, 2.24) is 5.32 Å². The molecule has 136 valence electrons. The highest BCUT2D eigenvalue weighted by molar-refractivity contribution is 6.03. The van der Waals surface area contributed by atoms with E-state index in [0.717, 1.165) is 13.0 Å². The van der Waals surface area contributed by atoms with Gasteiger partial charge in [-0.15, -0.1) is 0 Å². The molecule has 0 radical (unpaired) electrons. The minimum Gasteiger partial charge on any atom is -0.465 e. The molecule has 2 aromatic carbocycles. The molecule has 1 aliphatic rings. The first-order valence-corrected chi connectivity index (χ1v) is 8.92.